The second-order valence-electron chi connectivity index (χ2n) is 5.00. The van der Waals surface area contributed by atoms with E-state index in [4.69, 9.17) is 0 Å². The lowest BCUT2D eigenvalue weighted by Gasteiger charge is -2.31. The number of aryl methyl sites for hydroxylation is 1. The number of carbonyl (C=O) groups excluding carboxylic acids is 1. The van der Waals surface area contributed by atoms with Gasteiger partial charge in [-0.15, -0.1) is 0 Å². The molecule has 1 unspecified atom stereocenters. The Kier molecular flexibility index (Phi) is 2.94. The second kappa shape index (κ2) is 4.62. The van der Waals surface area contributed by atoms with Crippen molar-refractivity contribution in [3.05, 3.63) is 29.7 Å². The van der Waals surface area contributed by atoms with Crippen LogP contribution >= 0.6 is 0 Å². The van der Waals surface area contributed by atoms with Gasteiger partial charge in [0, 0.05) is 37.6 Å². The highest BCUT2D eigenvalue weighted by atomic mass is 16.2. The van der Waals surface area contributed by atoms with Crippen molar-refractivity contribution in [1.82, 2.24) is 24.8 Å². The van der Waals surface area contributed by atoms with Crippen molar-refractivity contribution in [3.8, 4) is 0 Å². The van der Waals surface area contributed by atoms with Crippen LogP contribution in [0.4, 0.5) is 0 Å². The summed E-state index contributed by atoms with van der Waals surface area (Å²) in [5.41, 5.74) is 2.10. The average Bonchev–Trinajstić information content (AvgIpc) is 2.80. The minimum Gasteiger partial charge on any atom is -0.336 e. The molecule has 1 N–H and O–H groups in total. The lowest BCUT2D eigenvalue weighted by molar-refractivity contribution is 0.0711. The number of nitrogens with one attached hydrogen (secondary N) is 1. The lowest BCUT2D eigenvalue weighted by atomic mass is 10.2. The molecule has 1 fully saturated rings. The zero-order valence-corrected chi connectivity index (χ0v) is 11.1. The predicted molar refractivity (Wildman–Crippen MR) is 71.1 cm³/mol. The third kappa shape index (κ3) is 2.19. The van der Waals surface area contributed by atoms with Gasteiger partial charge in [0.05, 0.1) is 6.20 Å². The maximum Gasteiger partial charge on any atom is 0.259 e. The molecule has 3 rings (SSSR count). The van der Waals surface area contributed by atoms with Crippen LogP contribution in [0.2, 0.25) is 0 Å². The van der Waals surface area contributed by atoms with E-state index in [0.29, 0.717) is 17.3 Å². The van der Waals surface area contributed by atoms with Crippen molar-refractivity contribution in [2.75, 3.05) is 19.6 Å². The molecule has 19 heavy (non-hydrogen) atoms. The van der Waals surface area contributed by atoms with Crippen molar-refractivity contribution in [3.63, 3.8) is 0 Å². The topological polar surface area (TPSA) is 62.5 Å². The van der Waals surface area contributed by atoms with Gasteiger partial charge in [-0.05, 0) is 19.9 Å². The summed E-state index contributed by atoms with van der Waals surface area (Å²) in [6, 6.07) is 2.20. The van der Waals surface area contributed by atoms with Gasteiger partial charge in [-0.3, -0.25) is 4.79 Å². The fraction of sp³-hybridized carbons (Fsp3) is 0.462. The van der Waals surface area contributed by atoms with Crippen LogP contribution in [-0.2, 0) is 0 Å². The zero-order chi connectivity index (χ0) is 13.4. The molecule has 1 saturated heterocycles. The van der Waals surface area contributed by atoms with Crippen LogP contribution in [0, 0.1) is 6.92 Å². The molecule has 1 aliphatic rings. The first kappa shape index (κ1) is 12.1. The van der Waals surface area contributed by atoms with E-state index in [2.05, 4.69) is 22.3 Å². The van der Waals surface area contributed by atoms with Crippen LogP contribution in [0.1, 0.15) is 23.0 Å². The fourth-order valence-corrected chi connectivity index (χ4v) is 2.40. The maximum absolute atomic E-state index is 12.5. The van der Waals surface area contributed by atoms with E-state index in [0.717, 1.165) is 25.3 Å². The van der Waals surface area contributed by atoms with Gasteiger partial charge in [0.15, 0.2) is 5.65 Å². The molecule has 0 bridgehead atoms. The van der Waals surface area contributed by atoms with Gasteiger partial charge >= 0.3 is 0 Å². The highest BCUT2D eigenvalue weighted by Crippen LogP contribution is 2.13. The maximum atomic E-state index is 12.5. The van der Waals surface area contributed by atoms with Gasteiger partial charge in [-0.25, -0.2) is 9.50 Å². The van der Waals surface area contributed by atoms with E-state index in [9.17, 15) is 4.79 Å². The Labute approximate surface area is 111 Å². The number of amides is 1. The molecule has 6 heteroatoms. The Morgan fingerprint density at radius 2 is 2.37 bits per heavy atom. The molecule has 0 aromatic carbocycles. The number of nitrogens with zero attached hydrogens (tertiary/aromatic N) is 4. The molecule has 0 saturated carbocycles. The normalized spacial score (nSPS) is 19.9. The standard InChI is InChI=1S/C13H17N5O/c1-9-3-5-18-12(16-9)11(7-15-18)13(19)17-6-4-14-10(2)8-17/h3,5,7,10,14H,4,6,8H2,1-2H3. The number of fused-ring (bicyclic) bond motifs is 1. The fourth-order valence-electron chi connectivity index (χ4n) is 2.40. The van der Waals surface area contributed by atoms with Crippen molar-refractivity contribution in [2.24, 2.45) is 0 Å². The summed E-state index contributed by atoms with van der Waals surface area (Å²) in [4.78, 5) is 18.8. The molecule has 2 aromatic heterocycles. The van der Waals surface area contributed by atoms with Gasteiger partial charge in [0.2, 0.25) is 0 Å². The molecule has 1 amide bonds. The summed E-state index contributed by atoms with van der Waals surface area (Å²) in [6.07, 6.45) is 3.44. The molecular formula is C13H17N5O. The third-order valence-corrected chi connectivity index (χ3v) is 3.39. The van der Waals surface area contributed by atoms with Crippen LogP contribution in [0.15, 0.2) is 18.5 Å². The van der Waals surface area contributed by atoms with E-state index in [1.54, 1.807) is 10.7 Å². The molecule has 2 aromatic rings. The monoisotopic (exact) mass is 259 g/mol. The Bertz CT molecular complexity index is 621. The van der Waals surface area contributed by atoms with Crippen molar-refractivity contribution in [2.45, 2.75) is 19.9 Å². The Hall–Kier alpha value is -1.95. The SMILES string of the molecule is Cc1ccn2ncc(C(=O)N3CCNC(C)C3)c2n1. The summed E-state index contributed by atoms with van der Waals surface area (Å²) in [5.74, 6) is 0.0152. The highest BCUT2D eigenvalue weighted by molar-refractivity contribution is 5.99. The quantitative estimate of drug-likeness (QED) is 0.808. The Morgan fingerprint density at radius 3 is 3.16 bits per heavy atom. The summed E-state index contributed by atoms with van der Waals surface area (Å²) < 4.78 is 1.64. The van der Waals surface area contributed by atoms with E-state index >= 15 is 0 Å². The first-order valence-electron chi connectivity index (χ1n) is 6.49. The van der Waals surface area contributed by atoms with E-state index < -0.39 is 0 Å². The van der Waals surface area contributed by atoms with Crippen LogP contribution in [0.25, 0.3) is 5.65 Å². The first-order valence-corrected chi connectivity index (χ1v) is 6.49. The molecular weight excluding hydrogens is 242 g/mol. The number of hydrogen-bond acceptors (Lipinski definition) is 4. The van der Waals surface area contributed by atoms with Crippen LogP contribution in [0.5, 0.6) is 0 Å². The zero-order valence-electron chi connectivity index (χ0n) is 11.1. The predicted octanol–water partition coefficient (Wildman–Crippen LogP) is 0.472. The van der Waals surface area contributed by atoms with Crippen molar-refractivity contribution in [1.29, 1.82) is 0 Å². The average molecular weight is 259 g/mol. The lowest BCUT2D eigenvalue weighted by Crippen LogP contribution is -2.51. The van der Waals surface area contributed by atoms with Crippen molar-refractivity contribution >= 4 is 11.6 Å². The first-order chi connectivity index (χ1) is 9.15. The molecule has 6 nitrogen and oxygen atoms in total. The van der Waals surface area contributed by atoms with Gasteiger partial charge in [0.25, 0.3) is 5.91 Å². The van der Waals surface area contributed by atoms with E-state index in [-0.39, 0.29) is 5.91 Å². The minimum atomic E-state index is 0.0152. The molecule has 1 aliphatic heterocycles. The summed E-state index contributed by atoms with van der Waals surface area (Å²) >= 11 is 0. The molecule has 0 spiro atoms. The van der Waals surface area contributed by atoms with Crippen molar-refractivity contribution < 1.29 is 4.79 Å². The molecule has 100 valence electrons. The largest absolute Gasteiger partial charge is 0.336 e. The highest BCUT2D eigenvalue weighted by Gasteiger charge is 2.24. The van der Waals surface area contributed by atoms with Gasteiger partial charge in [-0.1, -0.05) is 0 Å². The van der Waals surface area contributed by atoms with Crippen LogP contribution in [-0.4, -0.2) is 51.1 Å². The smallest absolute Gasteiger partial charge is 0.259 e. The van der Waals surface area contributed by atoms with Gasteiger partial charge in [0.1, 0.15) is 5.56 Å². The number of piperazine rings is 1. The summed E-state index contributed by atoms with van der Waals surface area (Å²) in [5, 5.41) is 7.51. The van der Waals surface area contributed by atoms with E-state index in [1.807, 2.05) is 24.1 Å². The summed E-state index contributed by atoms with van der Waals surface area (Å²) in [6.45, 7) is 6.28. The Morgan fingerprint density at radius 1 is 1.53 bits per heavy atom. The number of aromatic nitrogens is 3. The molecule has 0 radical (unpaired) electrons. The Balaban J connectivity index is 1.95. The van der Waals surface area contributed by atoms with Crippen LogP contribution < -0.4 is 5.32 Å². The molecule has 3 heterocycles. The van der Waals surface area contributed by atoms with Gasteiger partial charge in [-0.2, -0.15) is 5.10 Å². The number of carbonyl (C=O) groups is 1. The minimum absolute atomic E-state index is 0.0152. The molecule has 0 aliphatic carbocycles. The third-order valence-electron chi connectivity index (χ3n) is 3.39. The summed E-state index contributed by atoms with van der Waals surface area (Å²) in [7, 11) is 0. The number of hydrogen-bond donors (Lipinski definition) is 1. The van der Waals surface area contributed by atoms with Crippen LogP contribution in [0.3, 0.4) is 0 Å². The van der Waals surface area contributed by atoms with E-state index in [1.165, 1.54) is 0 Å². The number of rotatable bonds is 1. The molecule has 1 atom stereocenters. The van der Waals surface area contributed by atoms with Gasteiger partial charge < -0.3 is 10.2 Å². The second-order valence-corrected chi connectivity index (χ2v) is 5.00.